The van der Waals surface area contributed by atoms with E-state index in [0.29, 0.717) is 0 Å². The van der Waals surface area contributed by atoms with Gasteiger partial charge < -0.3 is 0 Å². The topological polar surface area (TPSA) is 49.3 Å². The Kier molecular flexibility index (Phi) is 5.41. The molecule has 2 aromatic heterocycles. The van der Waals surface area contributed by atoms with E-state index in [1.807, 2.05) is 24.5 Å². The van der Waals surface area contributed by atoms with Crippen LogP contribution in [0.25, 0.3) is 11.1 Å². The standard InChI is InChI=1S/C21H24N4OS2/c26-21-15-11-19(27-24-7-3-1-4-8-24)22-13-17(15)18-14-23-20(12-16(18)21)28-25-9-5-2-6-10-25/h11-14H,1-10H2. The quantitative estimate of drug-likeness (QED) is 0.577. The highest BCUT2D eigenvalue weighted by Gasteiger charge is 2.29. The number of hydrogen-bond donors (Lipinski definition) is 0. The highest BCUT2D eigenvalue weighted by Crippen LogP contribution is 2.39. The van der Waals surface area contributed by atoms with Crippen LogP contribution in [-0.2, 0) is 0 Å². The van der Waals surface area contributed by atoms with Crippen molar-refractivity contribution in [2.75, 3.05) is 26.2 Å². The molecule has 0 spiro atoms. The van der Waals surface area contributed by atoms with Crippen molar-refractivity contribution in [1.29, 1.82) is 0 Å². The van der Waals surface area contributed by atoms with E-state index in [0.717, 1.165) is 58.5 Å². The summed E-state index contributed by atoms with van der Waals surface area (Å²) < 4.78 is 4.72. The molecular formula is C21H24N4OS2. The van der Waals surface area contributed by atoms with E-state index < -0.39 is 0 Å². The van der Waals surface area contributed by atoms with Gasteiger partial charge in [0.05, 0.1) is 0 Å². The van der Waals surface area contributed by atoms with Crippen molar-refractivity contribution in [1.82, 2.24) is 18.6 Å². The zero-order valence-electron chi connectivity index (χ0n) is 15.9. The van der Waals surface area contributed by atoms with E-state index in [4.69, 9.17) is 0 Å². The van der Waals surface area contributed by atoms with Crippen LogP contribution in [-0.4, -0.2) is 50.5 Å². The molecule has 2 fully saturated rings. The van der Waals surface area contributed by atoms with Gasteiger partial charge in [-0.25, -0.2) is 18.6 Å². The number of nitrogens with zero attached hydrogens (tertiary/aromatic N) is 4. The second-order valence-electron chi connectivity index (χ2n) is 7.63. The third-order valence-corrected chi connectivity index (χ3v) is 7.68. The minimum Gasteiger partial charge on any atom is -0.289 e. The molecule has 0 amide bonds. The first-order chi connectivity index (χ1) is 13.8. The molecule has 0 saturated carbocycles. The van der Waals surface area contributed by atoms with E-state index >= 15 is 0 Å². The van der Waals surface area contributed by atoms with E-state index in [9.17, 15) is 4.79 Å². The van der Waals surface area contributed by atoms with Gasteiger partial charge in [-0.1, -0.05) is 12.8 Å². The minimum atomic E-state index is 0.107. The Morgan fingerprint density at radius 2 is 1.07 bits per heavy atom. The van der Waals surface area contributed by atoms with Gasteiger partial charge >= 0.3 is 0 Å². The summed E-state index contributed by atoms with van der Waals surface area (Å²) in [5, 5.41) is 1.83. The highest BCUT2D eigenvalue weighted by molar-refractivity contribution is 7.97. The summed E-state index contributed by atoms with van der Waals surface area (Å²) in [5.74, 6) is 0.107. The lowest BCUT2D eigenvalue weighted by molar-refractivity contribution is 0.104. The zero-order valence-corrected chi connectivity index (χ0v) is 17.5. The SMILES string of the molecule is O=C1c2cc(SN3CCCCC3)ncc2-c2cnc(SN3CCCCC3)cc21. The van der Waals surface area contributed by atoms with Crippen molar-refractivity contribution in [3.8, 4) is 11.1 Å². The lowest BCUT2D eigenvalue weighted by Gasteiger charge is -2.24. The number of rotatable bonds is 4. The maximum atomic E-state index is 13.1. The molecule has 0 bridgehead atoms. The molecule has 1 aliphatic carbocycles. The highest BCUT2D eigenvalue weighted by atomic mass is 32.2. The van der Waals surface area contributed by atoms with Crippen LogP contribution in [0.4, 0.5) is 0 Å². The molecule has 0 N–H and O–H groups in total. The number of pyridine rings is 2. The van der Waals surface area contributed by atoms with Gasteiger partial charge in [-0.15, -0.1) is 0 Å². The predicted octanol–water partition coefficient (Wildman–Crippen LogP) is 4.67. The van der Waals surface area contributed by atoms with Crippen LogP contribution in [0.1, 0.15) is 54.4 Å². The molecule has 2 aliphatic heterocycles. The molecule has 7 heteroatoms. The molecule has 0 atom stereocenters. The molecule has 0 unspecified atom stereocenters. The summed E-state index contributed by atoms with van der Waals surface area (Å²) in [6, 6.07) is 3.93. The molecule has 3 aliphatic rings. The Morgan fingerprint density at radius 3 is 1.50 bits per heavy atom. The number of aromatic nitrogens is 2. The van der Waals surface area contributed by atoms with Crippen LogP contribution in [0.2, 0.25) is 0 Å². The van der Waals surface area contributed by atoms with Crippen molar-refractivity contribution in [2.24, 2.45) is 0 Å². The van der Waals surface area contributed by atoms with Gasteiger partial charge in [0.25, 0.3) is 0 Å². The first-order valence-electron chi connectivity index (χ1n) is 10.2. The van der Waals surface area contributed by atoms with Crippen LogP contribution in [0.5, 0.6) is 0 Å². The number of piperidine rings is 2. The summed E-state index contributed by atoms with van der Waals surface area (Å²) in [4.78, 5) is 22.3. The van der Waals surface area contributed by atoms with Gasteiger partial charge in [0.2, 0.25) is 0 Å². The van der Waals surface area contributed by atoms with Crippen LogP contribution in [0, 0.1) is 0 Å². The maximum absolute atomic E-state index is 13.1. The summed E-state index contributed by atoms with van der Waals surface area (Å²) in [6.45, 7) is 4.38. The van der Waals surface area contributed by atoms with Gasteiger partial charge in [0, 0.05) is 60.8 Å². The van der Waals surface area contributed by atoms with Gasteiger partial charge in [-0.05, 0) is 61.7 Å². The molecule has 0 radical (unpaired) electrons. The van der Waals surface area contributed by atoms with Crippen LogP contribution in [0.15, 0.2) is 34.6 Å². The van der Waals surface area contributed by atoms with Crippen molar-refractivity contribution in [2.45, 2.75) is 48.6 Å². The van der Waals surface area contributed by atoms with Crippen molar-refractivity contribution < 1.29 is 4.79 Å². The summed E-state index contributed by atoms with van der Waals surface area (Å²) in [6.07, 6.45) is 11.3. The zero-order chi connectivity index (χ0) is 18.9. The second kappa shape index (κ2) is 8.14. The molecule has 0 aromatic carbocycles. The first-order valence-corrected chi connectivity index (χ1v) is 11.7. The molecule has 4 heterocycles. The summed E-state index contributed by atoms with van der Waals surface area (Å²) >= 11 is 3.36. The Morgan fingerprint density at radius 1 is 0.643 bits per heavy atom. The van der Waals surface area contributed by atoms with E-state index in [1.165, 1.54) is 38.5 Å². The van der Waals surface area contributed by atoms with Gasteiger partial charge in [-0.2, -0.15) is 0 Å². The fourth-order valence-corrected chi connectivity index (χ4v) is 6.05. The number of hydrogen-bond acceptors (Lipinski definition) is 7. The monoisotopic (exact) mass is 412 g/mol. The average molecular weight is 413 g/mol. The fraction of sp³-hybridized carbons (Fsp3) is 0.476. The molecular weight excluding hydrogens is 388 g/mol. The maximum Gasteiger partial charge on any atom is 0.194 e. The van der Waals surface area contributed by atoms with E-state index in [-0.39, 0.29) is 5.78 Å². The lowest BCUT2D eigenvalue weighted by Crippen LogP contribution is -2.23. The van der Waals surface area contributed by atoms with E-state index in [2.05, 4.69) is 18.6 Å². The Bertz CT molecular complexity index is 820. The Hall–Kier alpha value is -1.41. The third-order valence-electron chi connectivity index (χ3n) is 5.61. The molecule has 2 aromatic rings. The van der Waals surface area contributed by atoms with E-state index in [1.54, 1.807) is 23.9 Å². The largest absolute Gasteiger partial charge is 0.289 e. The fourth-order valence-electron chi connectivity index (χ4n) is 4.10. The van der Waals surface area contributed by atoms with Gasteiger partial charge in [-0.3, -0.25) is 4.79 Å². The Balaban J connectivity index is 1.36. The normalized spacial score (nSPS) is 20.2. The number of carbonyl (C=O) groups is 1. The molecule has 28 heavy (non-hydrogen) atoms. The molecule has 2 saturated heterocycles. The number of ketones is 1. The summed E-state index contributed by atoms with van der Waals surface area (Å²) in [7, 11) is 0. The first kappa shape index (κ1) is 18.6. The molecule has 5 nitrogen and oxygen atoms in total. The third kappa shape index (κ3) is 3.73. The van der Waals surface area contributed by atoms with Crippen molar-refractivity contribution in [3.63, 3.8) is 0 Å². The van der Waals surface area contributed by atoms with Gasteiger partial charge in [0.15, 0.2) is 5.78 Å². The second-order valence-corrected chi connectivity index (χ2v) is 9.86. The number of carbonyl (C=O) groups excluding carboxylic acids is 1. The van der Waals surface area contributed by atoms with Crippen molar-refractivity contribution >= 4 is 29.7 Å². The summed E-state index contributed by atoms with van der Waals surface area (Å²) in [5.41, 5.74) is 3.38. The van der Waals surface area contributed by atoms with Crippen molar-refractivity contribution in [3.05, 3.63) is 35.7 Å². The minimum absolute atomic E-state index is 0.107. The molecule has 146 valence electrons. The van der Waals surface area contributed by atoms with Crippen LogP contribution < -0.4 is 0 Å². The predicted molar refractivity (Wildman–Crippen MR) is 113 cm³/mol. The Labute approximate surface area is 174 Å². The average Bonchev–Trinajstić information content (AvgIpc) is 3.01. The van der Waals surface area contributed by atoms with Gasteiger partial charge in [0.1, 0.15) is 10.1 Å². The smallest absolute Gasteiger partial charge is 0.194 e. The van der Waals surface area contributed by atoms with Crippen LogP contribution in [0.3, 0.4) is 0 Å². The molecule has 5 rings (SSSR count). The lowest BCUT2D eigenvalue weighted by atomic mass is 10.1. The van der Waals surface area contributed by atoms with Crippen LogP contribution >= 0.6 is 23.9 Å². The number of fused-ring (bicyclic) bond motifs is 3.